The molecule has 0 radical (unpaired) electrons. The van der Waals surface area contributed by atoms with E-state index in [1.54, 1.807) is 7.11 Å². The van der Waals surface area contributed by atoms with Crippen LogP contribution < -0.4 is 20.1 Å². The van der Waals surface area contributed by atoms with E-state index in [1.165, 1.54) is 6.20 Å². The lowest BCUT2D eigenvalue weighted by Crippen LogP contribution is -2.26. The van der Waals surface area contributed by atoms with Crippen LogP contribution >= 0.6 is 0 Å². The molecule has 0 atom stereocenters. The minimum atomic E-state index is -0.248. The number of methoxy groups -OCH3 is 1. The Hall–Kier alpha value is -3.65. The van der Waals surface area contributed by atoms with Gasteiger partial charge < -0.3 is 24.8 Å². The highest BCUT2D eigenvalue weighted by Gasteiger charge is 2.18. The van der Waals surface area contributed by atoms with Crippen molar-refractivity contribution in [2.24, 2.45) is 0 Å². The molecule has 2 N–H and O–H groups in total. The van der Waals surface area contributed by atoms with Gasteiger partial charge in [0.1, 0.15) is 11.4 Å². The molecule has 2 heterocycles. The summed E-state index contributed by atoms with van der Waals surface area (Å²) >= 11 is 0. The van der Waals surface area contributed by atoms with Crippen LogP contribution in [0.3, 0.4) is 0 Å². The van der Waals surface area contributed by atoms with Crippen LogP contribution in [0.15, 0.2) is 54.7 Å². The molecule has 0 saturated heterocycles. The molecular weight excluding hydrogens is 384 g/mol. The predicted molar refractivity (Wildman–Crippen MR) is 112 cm³/mol. The number of carbonyl (C=O) groups is 1. The van der Waals surface area contributed by atoms with E-state index in [0.717, 1.165) is 17.7 Å². The Bertz CT molecular complexity index is 1030. The fourth-order valence-corrected chi connectivity index (χ4v) is 2.99. The quantitative estimate of drug-likeness (QED) is 0.554. The molecule has 0 saturated carbocycles. The third kappa shape index (κ3) is 4.49. The number of benzene rings is 2. The highest BCUT2D eigenvalue weighted by atomic mass is 16.7. The molecule has 0 unspecified atom stereocenters. The van der Waals surface area contributed by atoms with Crippen molar-refractivity contribution in [1.29, 1.82) is 0 Å². The van der Waals surface area contributed by atoms with E-state index in [1.807, 2.05) is 48.5 Å². The molecule has 154 valence electrons. The molecule has 1 aromatic heterocycles. The van der Waals surface area contributed by atoms with Gasteiger partial charge in [0, 0.05) is 37.7 Å². The standard InChI is InChI=1S/C22H22N4O4/c1-28-11-5-10-23-22(27)17-13-24-20(15-8-9-18-19(12-15)30-14-29-18)26-21(17)25-16-6-3-2-4-7-16/h2-4,6-9,12-13H,5,10-11,14H2,1H3,(H,23,27)(H,24,25,26). The summed E-state index contributed by atoms with van der Waals surface area (Å²) < 4.78 is 15.8. The summed E-state index contributed by atoms with van der Waals surface area (Å²) in [5.41, 5.74) is 1.95. The largest absolute Gasteiger partial charge is 0.454 e. The number of hydrogen-bond acceptors (Lipinski definition) is 7. The average molecular weight is 406 g/mol. The number of ether oxygens (including phenoxy) is 3. The van der Waals surface area contributed by atoms with Gasteiger partial charge in [0.25, 0.3) is 5.91 Å². The van der Waals surface area contributed by atoms with Gasteiger partial charge in [0.05, 0.1) is 0 Å². The Morgan fingerprint density at radius 3 is 2.80 bits per heavy atom. The lowest BCUT2D eigenvalue weighted by Gasteiger charge is -2.13. The first-order valence-electron chi connectivity index (χ1n) is 9.61. The van der Waals surface area contributed by atoms with Crippen molar-refractivity contribution in [2.75, 3.05) is 32.4 Å². The van der Waals surface area contributed by atoms with Crippen molar-refractivity contribution >= 4 is 17.4 Å². The summed E-state index contributed by atoms with van der Waals surface area (Å²) in [5, 5.41) is 6.10. The van der Waals surface area contributed by atoms with E-state index in [0.29, 0.717) is 41.9 Å². The molecular formula is C22H22N4O4. The molecule has 0 aliphatic carbocycles. The Kier molecular flexibility index (Phi) is 6.05. The van der Waals surface area contributed by atoms with Gasteiger partial charge in [-0.2, -0.15) is 0 Å². The van der Waals surface area contributed by atoms with E-state index >= 15 is 0 Å². The SMILES string of the molecule is COCCCNC(=O)c1cnc(-c2ccc3c(c2)OCO3)nc1Nc1ccccc1. The van der Waals surface area contributed by atoms with Gasteiger partial charge >= 0.3 is 0 Å². The Labute approximate surface area is 174 Å². The Balaban J connectivity index is 1.63. The fourth-order valence-electron chi connectivity index (χ4n) is 2.99. The molecule has 1 aliphatic rings. The van der Waals surface area contributed by atoms with Crippen molar-refractivity contribution in [1.82, 2.24) is 15.3 Å². The van der Waals surface area contributed by atoms with Crippen LogP contribution in [-0.2, 0) is 4.74 Å². The zero-order chi connectivity index (χ0) is 20.8. The van der Waals surface area contributed by atoms with Gasteiger partial charge in [-0.3, -0.25) is 4.79 Å². The summed E-state index contributed by atoms with van der Waals surface area (Å²) in [6.45, 7) is 1.28. The van der Waals surface area contributed by atoms with E-state index in [2.05, 4.69) is 20.6 Å². The Morgan fingerprint density at radius 2 is 1.97 bits per heavy atom. The highest BCUT2D eigenvalue weighted by molar-refractivity contribution is 5.99. The van der Waals surface area contributed by atoms with E-state index in [-0.39, 0.29) is 12.7 Å². The molecule has 3 aromatic rings. The summed E-state index contributed by atoms with van der Waals surface area (Å²) in [4.78, 5) is 21.7. The van der Waals surface area contributed by atoms with Crippen molar-refractivity contribution in [2.45, 2.75) is 6.42 Å². The lowest BCUT2D eigenvalue weighted by atomic mass is 10.1. The second-order valence-electron chi connectivity index (χ2n) is 6.62. The van der Waals surface area contributed by atoms with Crippen LogP contribution in [0, 0.1) is 0 Å². The minimum Gasteiger partial charge on any atom is -0.454 e. The molecule has 0 fully saturated rings. The molecule has 8 nitrogen and oxygen atoms in total. The summed E-state index contributed by atoms with van der Waals surface area (Å²) in [5.74, 6) is 1.99. The number of amides is 1. The average Bonchev–Trinajstić information content (AvgIpc) is 3.25. The number of rotatable bonds is 8. The van der Waals surface area contributed by atoms with E-state index in [4.69, 9.17) is 14.2 Å². The number of carbonyl (C=O) groups excluding carboxylic acids is 1. The molecule has 0 spiro atoms. The van der Waals surface area contributed by atoms with Gasteiger partial charge in [-0.25, -0.2) is 9.97 Å². The lowest BCUT2D eigenvalue weighted by molar-refractivity contribution is 0.0949. The number of nitrogens with zero attached hydrogens (tertiary/aromatic N) is 2. The minimum absolute atomic E-state index is 0.197. The van der Waals surface area contributed by atoms with Gasteiger partial charge in [-0.1, -0.05) is 18.2 Å². The monoisotopic (exact) mass is 406 g/mol. The van der Waals surface area contributed by atoms with Crippen LogP contribution in [0.4, 0.5) is 11.5 Å². The van der Waals surface area contributed by atoms with Gasteiger partial charge in [-0.05, 0) is 36.8 Å². The second-order valence-corrected chi connectivity index (χ2v) is 6.62. The molecule has 8 heteroatoms. The van der Waals surface area contributed by atoms with Crippen molar-refractivity contribution in [3.05, 3.63) is 60.3 Å². The number of anilines is 2. The van der Waals surface area contributed by atoms with Crippen LogP contribution in [0.25, 0.3) is 11.4 Å². The van der Waals surface area contributed by atoms with E-state index < -0.39 is 0 Å². The predicted octanol–water partition coefficient (Wildman–Crippen LogP) is 3.38. The molecule has 1 amide bonds. The molecule has 30 heavy (non-hydrogen) atoms. The number of aromatic nitrogens is 2. The van der Waals surface area contributed by atoms with Crippen molar-refractivity contribution in [3.8, 4) is 22.9 Å². The number of para-hydroxylation sites is 1. The number of nitrogens with one attached hydrogen (secondary N) is 2. The van der Waals surface area contributed by atoms with Crippen LogP contribution in [0.2, 0.25) is 0 Å². The summed E-state index contributed by atoms with van der Waals surface area (Å²) in [7, 11) is 1.63. The van der Waals surface area contributed by atoms with Gasteiger partial charge in [-0.15, -0.1) is 0 Å². The van der Waals surface area contributed by atoms with Crippen molar-refractivity contribution < 1.29 is 19.0 Å². The van der Waals surface area contributed by atoms with Gasteiger partial charge in [0.2, 0.25) is 6.79 Å². The Morgan fingerprint density at radius 1 is 1.13 bits per heavy atom. The van der Waals surface area contributed by atoms with E-state index in [9.17, 15) is 4.79 Å². The van der Waals surface area contributed by atoms with Gasteiger partial charge in [0.15, 0.2) is 17.3 Å². The molecule has 2 aromatic carbocycles. The molecule has 4 rings (SSSR count). The number of hydrogen-bond donors (Lipinski definition) is 2. The second kappa shape index (κ2) is 9.23. The smallest absolute Gasteiger partial charge is 0.256 e. The van der Waals surface area contributed by atoms with Crippen LogP contribution in [0.1, 0.15) is 16.8 Å². The zero-order valence-electron chi connectivity index (χ0n) is 16.6. The first-order chi connectivity index (χ1) is 14.7. The first kappa shape index (κ1) is 19.7. The topological polar surface area (TPSA) is 94.6 Å². The summed E-state index contributed by atoms with van der Waals surface area (Å²) in [6, 6.07) is 15.1. The molecule has 1 aliphatic heterocycles. The third-order valence-corrected chi connectivity index (χ3v) is 4.51. The maximum Gasteiger partial charge on any atom is 0.256 e. The third-order valence-electron chi connectivity index (χ3n) is 4.51. The van der Waals surface area contributed by atoms with Crippen LogP contribution in [0.5, 0.6) is 11.5 Å². The number of fused-ring (bicyclic) bond motifs is 1. The molecule has 0 bridgehead atoms. The zero-order valence-corrected chi connectivity index (χ0v) is 16.6. The first-order valence-corrected chi connectivity index (χ1v) is 9.61. The highest BCUT2D eigenvalue weighted by Crippen LogP contribution is 2.35. The maximum absolute atomic E-state index is 12.7. The maximum atomic E-state index is 12.7. The summed E-state index contributed by atoms with van der Waals surface area (Å²) in [6.07, 6.45) is 2.25. The fraction of sp³-hybridized carbons (Fsp3) is 0.227. The van der Waals surface area contributed by atoms with Crippen molar-refractivity contribution in [3.63, 3.8) is 0 Å². The van der Waals surface area contributed by atoms with Crippen LogP contribution in [-0.4, -0.2) is 42.9 Å². The normalized spacial score (nSPS) is 11.9.